The number of hydrogen-bond acceptors (Lipinski definition) is 5. The van der Waals surface area contributed by atoms with Crippen LogP contribution in [0.3, 0.4) is 0 Å². The monoisotopic (exact) mass is 360 g/mol. The van der Waals surface area contributed by atoms with Gasteiger partial charge in [0.2, 0.25) is 0 Å². The van der Waals surface area contributed by atoms with Crippen LogP contribution in [-0.4, -0.2) is 64.8 Å². The van der Waals surface area contributed by atoms with E-state index in [9.17, 15) is 19.5 Å². The van der Waals surface area contributed by atoms with E-state index in [1.165, 1.54) is 17.7 Å². The molecule has 1 saturated heterocycles. The molecule has 0 bridgehead atoms. The van der Waals surface area contributed by atoms with E-state index in [2.05, 4.69) is 0 Å². The highest BCUT2D eigenvalue weighted by atomic mass is 16.5. The molecule has 2 heterocycles. The summed E-state index contributed by atoms with van der Waals surface area (Å²) in [5.41, 5.74) is 2.03. The van der Waals surface area contributed by atoms with Crippen molar-refractivity contribution in [3.63, 3.8) is 0 Å². The lowest BCUT2D eigenvalue weighted by Gasteiger charge is -2.33. The van der Waals surface area contributed by atoms with Gasteiger partial charge in [-0.1, -0.05) is 6.07 Å². The highest BCUT2D eigenvalue weighted by Gasteiger charge is 2.40. The Morgan fingerprint density at radius 2 is 2.08 bits per heavy atom. The Morgan fingerprint density at radius 1 is 1.31 bits per heavy atom. The normalized spacial score (nSPS) is 24.0. The third-order valence-electron chi connectivity index (χ3n) is 5.12. The van der Waals surface area contributed by atoms with Gasteiger partial charge < -0.3 is 24.7 Å². The number of morpholine rings is 1. The largest absolute Gasteiger partial charge is 0.479 e. The quantitative estimate of drug-likeness (QED) is 0.778. The van der Waals surface area contributed by atoms with Gasteiger partial charge in [-0.05, 0) is 36.5 Å². The first kappa shape index (κ1) is 17.0. The number of aliphatic carboxylic acids is 1. The first-order chi connectivity index (χ1) is 12.5. The van der Waals surface area contributed by atoms with Crippen LogP contribution in [0.25, 0.3) is 0 Å². The number of benzene rings is 1. The van der Waals surface area contributed by atoms with E-state index in [1.807, 2.05) is 11.0 Å². The smallest absolute Gasteiger partial charge is 0.335 e. The van der Waals surface area contributed by atoms with Crippen LogP contribution in [0.15, 0.2) is 18.2 Å². The van der Waals surface area contributed by atoms with Crippen LogP contribution < -0.4 is 4.90 Å². The van der Waals surface area contributed by atoms with Crippen LogP contribution in [0.5, 0.6) is 0 Å². The van der Waals surface area contributed by atoms with E-state index in [-0.39, 0.29) is 19.1 Å². The van der Waals surface area contributed by atoms with Crippen molar-refractivity contribution in [2.24, 2.45) is 5.92 Å². The molecule has 2 aliphatic heterocycles. The Bertz CT molecular complexity index is 775. The molecular formula is C18H20N2O6. The summed E-state index contributed by atoms with van der Waals surface area (Å²) in [6.45, 7) is 1.70. The van der Waals surface area contributed by atoms with Gasteiger partial charge in [-0.25, -0.2) is 4.79 Å². The Balaban J connectivity index is 1.55. The second-order valence-corrected chi connectivity index (χ2v) is 7.03. The Labute approximate surface area is 149 Å². The fraction of sp³-hybridized carbons (Fsp3) is 0.500. The van der Waals surface area contributed by atoms with Crippen LogP contribution in [0.4, 0.5) is 5.69 Å². The maximum absolute atomic E-state index is 12.6. The van der Waals surface area contributed by atoms with Gasteiger partial charge in [-0.2, -0.15) is 0 Å². The summed E-state index contributed by atoms with van der Waals surface area (Å²) < 4.78 is 5.15. The molecule has 1 saturated carbocycles. The summed E-state index contributed by atoms with van der Waals surface area (Å²) >= 11 is 0. The minimum absolute atomic E-state index is 0.0309. The number of anilines is 1. The predicted octanol–water partition coefficient (Wildman–Crippen LogP) is 0.230. The Hall–Kier alpha value is -2.45. The maximum Gasteiger partial charge on any atom is 0.335 e. The minimum atomic E-state index is -1.92. The van der Waals surface area contributed by atoms with Crippen molar-refractivity contribution < 1.29 is 29.3 Å². The molecule has 0 spiro atoms. The number of amides is 2. The number of hydrogen-bond donors (Lipinski definition) is 2. The first-order valence-corrected chi connectivity index (χ1v) is 8.72. The van der Waals surface area contributed by atoms with Crippen LogP contribution in [-0.2, 0) is 20.9 Å². The van der Waals surface area contributed by atoms with E-state index < -0.39 is 24.1 Å². The summed E-state index contributed by atoms with van der Waals surface area (Å²) in [5.74, 6) is -1.56. The lowest BCUT2D eigenvalue weighted by Crippen LogP contribution is -2.54. The van der Waals surface area contributed by atoms with E-state index in [0.29, 0.717) is 23.7 Å². The van der Waals surface area contributed by atoms with Crippen LogP contribution >= 0.6 is 0 Å². The molecule has 26 heavy (non-hydrogen) atoms. The van der Waals surface area contributed by atoms with Crippen molar-refractivity contribution in [1.29, 1.82) is 0 Å². The van der Waals surface area contributed by atoms with Crippen molar-refractivity contribution in [3.8, 4) is 0 Å². The number of ether oxygens (including phenoxy) is 1. The molecule has 2 fully saturated rings. The van der Waals surface area contributed by atoms with Gasteiger partial charge in [-0.3, -0.25) is 9.59 Å². The highest BCUT2D eigenvalue weighted by Crippen LogP contribution is 2.34. The number of carbonyl (C=O) groups is 3. The van der Waals surface area contributed by atoms with Crippen LogP contribution in [0, 0.1) is 5.92 Å². The molecule has 0 aromatic heterocycles. The van der Waals surface area contributed by atoms with Gasteiger partial charge in [0, 0.05) is 30.9 Å². The topological polar surface area (TPSA) is 107 Å². The Kier molecular flexibility index (Phi) is 4.16. The summed E-state index contributed by atoms with van der Waals surface area (Å²) in [6.07, 6.45) is -1.03. The lowest BCUT2D eigenvalue weighted by molar-refractivity contribution is -0.163. The predicted molar refractivity (Wildman–Crippen MR) is 89.6 cm³/mol. The molecule has 2 amide bonds. The molecule has 4 rings (SSSR count). The molecule has 8 nitrogen and oxygen atoms in total. The number of carboxylic acid groups (broad SMARTS) is 1. The summed E-state index contributed by atoms with van der Waals surface area (Å²) in [4.78, 5) is 39.3. The van der Waals surface area contributed by atoms with Crippen molar-refractivity contribution >= 4 is 23.5 Å². The molecule has 2 N–H and O–H groups in total. The average molecular weight is 360 g/mol. The number of nitrogens with zero attached hydrogens (tertiary/aromatic N) is 2. The zero-order chi connectivity index (χ0) is 18.4. The van der Waals surface area contributed by atoms with Crippen molar-refractivity contribution in [3.05, 3.63) is 29.3 Å². The molecule has 1 aromatic carbocycles. The zero-order valence-electron chi connectivity index (χ0n) is 14.1. The second kappa shape index (κ2) is 6.37. The average Bonchev–Trinajstić information content (AvgIpc) is 3.39. The van der Waals surface area contributed by atoms with Crippen molar-refractivity contribution in [2.75, 3.05) is 24.6 Å². The Morgan fingerprint density at radius 3 is 2.77 bits per heavy atom. The van der Waals surface area contributed by atoms with Crippen LogP contribution in [0.1, 0.15) is 28.8 Å². The molecule has 8 heteroatoms. The molecule has 2 atom stereocenters. The van der Waals surface area contributed by atoms with Gasteiger partial charge in [0.15, 0.2) is 12.2 Å². The van der Waals surface area contributed by atoms with E-state index in [4.69, 9.17) is 9.84 Å². The van der Waals surface area contributed by atoms with Gasteiger partial charge in [-0.15, -0.1) is 0 Å². The van der Waals surface area contributed by atoms with E-state index in [0.717, 1.165) is 12.1 Å². The zero-order valence-corrected chi connectivity index (χ0v) is 14.1. The number of fused-ring (bicyclic) bond motifs is 1. The summed E-state index contributed by atoms with van der Waals surface area (Å²) in [6, 6.07) is 5.26. The lowest BCUT2D eigenvalue weighted by atomic mass is 10.1. The number of carboxylic acids is 1. The van der Waals surface area contributed by atoms with Gasteiger partial charge in [0.05, 0.1) is 6.61 Å². The standard InChI is InChI=1S/C18H20N2O6/c21-14(18(24)25)15-17(23)20(5-6-26-15)12-4-3-11-9-19(8-10-1-2-10)16(22)13(11)7-12/h3-4,7,10,14-15,21H,1-2,5-6,8-9H2,(H,24,25)/t14?,15-/m1/s1. The van der Waals surface area contributed by atoms with Gasteiger partial charge in [0.25, 0.3) is 11.8 Å². The maximum atomic E-state index is 12.6. The number of rotatable bonds is 5. The van der Waals surface area contributed by atoms with Crippen molar-refractivity contribution in [1.82, 2.24) is 4.90 Å². The van der Waals surface area contributed by atoms with Crippen LogP contribution in [0.2, 0.25) is 0 Å². The SMILES string of the molecule is O=C(O)C(O)[C@H]1OCCN(c2ccc3c(c2)C(=O)N(CC2CC2)C3)C1=O. The second-order valence-electron chi connectivity index (χ2n) is 7.03. The summed E-state index contributed by atoms with van der Waals surface area (Å²) in [7, 11) is 0. The fourth-order valence-corrected chi connectivity index (χ4v) is 3.49. The molecule has 138 valence electrons. The molecule has 0 radical (unpaired) electrons. The number of aliphatic hydroxyl groups is 1. The first-order valence-electron chi connectivity index (χ1n) is 8.72. The number of aliphatic hydroxyl groups excluding tert-OH is 1. The molecular weight excluding hydrogens is 340 g/mol. The molecule has 1 unspecified atom stereocenters. The van der Waals surface area contributed by atoms with Crippen molar-refractivity contribution in [2.45, 2.75) is 31.6 Å². The number of carbonyl (C=O) groups excluding carboxylic acids is 2. The third-order valence-corrected chi connectivity index (χ3v) is 5.12. The highest BCUT2D eigenvalue weighted by molar-refractivity contribution is 6.03. The van der Waals surface area contributed by atoms with E-state index >= 15 is 0 Å². The minimum Gasteiger partial charge on any atom is -0.479 e. The van der Waals surface area contributed by atoms with E-state index in [1.54, 1.807) is 12.1 Å². The third kappa shape index (κ3) is 2.95. The molecule has 3 aliphatic rings. The van der Waals surface area contributed by atoms with Gasteiger partial charge >= 0.3 is 5.97 Å². The molecule has 1 aromatic rings. The summed E-state index contributed by atoms with van der Waals surface area (Å²) in [5, 5.41) is 18.6. The fourth-order valence-electron chi connectivity index (χ4n) is 3.49. The van der Waals surface area contributed by atoms with Gasteiger partial charge in [0.1, 0.15) is 0 Å². The molecule has 1 aliphatic carbocycles.